The molecule has 112 valence electrons. The first-order valence-electron chi connectivity index (χ1n) is 6.71. The summed E-state index contributed by atoms with van der Waals surface area (Å²) in [5.74, 6) is -1.20. The Labute approximate surface area is 126 Å². The summed E-state index contributed by atoms with van der Waals surface area (Å²) in [6.07, 6.45) is 0.00868. The number of ether oxygens (including phenoxy) is 1. The Morgan fingerprint density at radius 1 is 1.40 bits per heavy atom. The van der Waals surface area contributed by atoms with Crippen molar-refractivity contribution in [1.82, 2.24) is 4.90 Å². The molecule has 1 aromatic rings. The van der Waals surface area contributed by atoms with Gasteiger partial charge in [0.1, 0.15) is 11.6 Å². The summed E-state index contributed by atoms with van der Waals surface area (Å²) in [7, 11) is 0. The molecule has 0 spiro atoms. The molecule has 6 heteroatoms. The molecule has 1 heterocycles. The summed E-state index contributed by atoms with van der Waals surface area (Å²) in [4.78, 5) is 2.33. The molecule has 1 aromatic carbocycles. The molecule has 0 aliphatic carbocycles. The molecule has 1 aliphatic rings. The van der Waals surface area contributed by atoms with Crippen molar-refractivity contribution in [2.75, 3.05) is 31.6 Å². The lowest BCUT2D eigenvalue weighted by atomic mass is 10.2. The summed E-state index contributed by atoms with van der Waals surface area (Å²) >= 11 is 3.05. The van der Waals surface area contributed by atoms with E-state index in [-0.39, 0.29) is 16.3 Å². The molecule has 1 unspecified atom stereocenters. The van der Waals surface area contributed by atoms with Crippen molar-refractivity contribution in [1.29, 1.82) is 0 Å². The first-order valence-corrected chi connectivity index (χ1v) is 7.50. The van der Waals surface area contributed by atoms with Crippen LogP contribution in [-0.2, 0) is 4.74 Å². The van der Waals surface area contributed by atoms with Crippen molar-refractivity contribution < 1.29 is 13.5 Å². The highest BCUT2D eigenvalue weighted by Gasteiger charge is 2.22. The van der Waals surface area contributed by atoms with E-state index in [9.17, 15) is 8.78 Å². The average Bonchev–Trinajstić information content (AvgIpc) is 2.41. The van der Waals surface area contributed by atoms with E-state index in [2.05, 4.69) is 40.0 Å². The summed E-state index contributed by atoms with van der Waals surface area (Å²) in [5.41, 5.74) is 0.281. The van der Waals surface area contributed by atoms with Gasteiger partial charge in [-0.3, -0.25) is 4.90 Å². The lowest BCUT2D eigenvalue weighted by Gasteiger charge is -2.35. The zero-order valence-electron chi connectivity index (χ0n) is 11.6. The Balaban J connectivity index is 1.93. The molecule has 1 atom stereocenters. The molecule has 3 nitrogen and oxygen atoms in total. The minimum absolute atomic E-state index is 0.00868. The Morgan fingerprint density at radius 3 is 2.85 bits per heavy atom. The van der Waals surface area contributed by atoms with E-state index in [4.69, 9.17) is 4.74 Å². The lowest BCUT2D eigenvalue weighted by Crippen LogP contribution is -2.48. The van der Waals surface area contributed by atoms with Crippen LogP contribution in [0.5, 0.6) is 0 Å². The van der Waals surface area contributed by atoms with Crippen LogP contribution in [0, 0.1) is 11.6 Å². The summed E-state index contributed by atoms with van der Waals surface area (Å²) in [6.45, 7) is 7.21. The molecule has 1 saturated heterocycles. The third-order valence-electron chi connectivity index (χ3n) is 3.43. The topological polar surface area (TPSA) is 24.5 Å². The van der Waals surface area contributed by atoms with Gasteiger partial charge in [0, 0.05) is 31.7 Å². The van der Waals surface area contributed by atoms with Gasteiger partial charge in [0.15, 0.2) is 0 Å². The van der Waals surface area contributed by atoms with Crippen LogP contribution in [0.15, 0.2) is 16.6 Å². The van der Waals surface area contributed by atoms with E-state index in [1.165, 1.54) is 6.07 Å². The summed E-state index contributed by atoms with van der Waals surface area (Å²) in [6, 6.07) is 2.75. The van der Waals surface area contributed by atoms with E-state index < -0.39 is 11.6 Å². The second-order valence-corrected chi connectivity index (χ2v) is 6.06. The van der Waals surface area contributed by atoms with E-state index in [0.717, 1.165) is 19.2 Å². The summed E-state index contributed by atoms with van der Waals surface area (Å²) < 4.78 is 32.7. The average molecular weight is 349 g/mol. The van der Waals surface area contributed by atoms with Gasteiger partial charge in [-0.2, -0.15) is 0 Å². The molecular weight excluding hydrogens is 330 g/mol. The molecule has 0 radical (unpaired) electrons. The van der Waals surface area contributed by atoms with Crippen molar-refractivity contribution >= 4 is 21.6 Å². The molecule has 0 amide bonds. The SMILES string of the molecule is CC(C)N1CCOC(CNc2cc(Br)c(F)cc2F)C1. The van der Waals surface area contributed by atoms with Gasteiger partial charge in [-0.1, -0.05) is 0 Å². The number of nitrogens with one attached hydrogen (secondary N) is 1. The molecule has 0 bridgehead atoms. The number of benzene rings is 1. The Hall–Kier alpha value is -0.720. The summed E-state index contributed by atoms with van der Waals surface area (Å²) in [5, 5.41) is 2.99. The van der Waals surface area contributed by atoms with Crippen LogP contribution in [0.1, 0.15) is 13.8 Å². The van der Waals surface area contributed by atoms with Gasteiger partial charge in [0.25, 0.3) is 0 Å². The third kappa shape index (κ3) is 3.90. The fraction of sp³-hybridized carbons (Fsp3) is 0.571. The van der Waals surface area contributed by atoms with Crippen LogP contribution >= 0.6 is 15.9 Å². The van der Waals surface area contributed by atoms with Gasteiger partial charge in [0.05, 0.1) is 22.9 Å². The predicted octanol–water partition coefficient (Wildman–Crippen LogP) is 3.25. The highest BCUT2D eigenvalue weighted by molar-refractivity contribution is 9.10. The second kappa shape index (κ2) is 6.83. The second-order valence-electron chi connectivity index (χ2n) is 5.21. The molecule has 0 aromatic heterocycles. The number of rotatable bonds is 4. The van der Waals surface area contributed by atoms with Crippen LogP contribution < -0.4 is 5.32 Å². The van der Waals surface area contributed by atoms with Crippen LogP contribution in [0.25, 0.3) is 0 Å². The van der Waals surface area contributed by atoms with Crippen molar-refractivity contribution in [2.24, 2.45) is 0 Å². The fourth-order valence-corrected chi connectivity index (χ4v) is 2.56. The maximum absolute atomic E-state index is 13.6. The van der Waals surface area contributed by atoms with Gasteiger partial charge in [-0.25, -0.2) is 8.78 Å². The highest BCUT2D eigenvalue weighted by Crippen LogP contribution is 2.23. The normalized spacial score (nSPS) is 20.4. The van der Waals surface area contributed by atoms with Crippen molar-refractivity contribution in [3.8, 4) is 0 Å². The molecular formula is C14H19BrF2N2O. The molecule has 2 rings (SSSR count). The number of nitrogens with zero attached hydrogens (tertiary/aromatic N) is 1. The van der Waals surface area contributed by atoms with E-state index in [1.807, 2.05) is 0 Å². The molecule has 0 saturated carbocycles. The van der Waals surface area contributed by atoms with Crippen molar-refractivity contribution in [3.05, 3.63) is 28.2 Å². The first-order chi connectivity index (χ1) is 9.47. The van der Waals surface area contributed by atoms with Gasteiger partial charge in [-0.15, -0.1) is 0 Å². The molecule has 1 fully saturated rings. The number of hydrogen-bond donors (Lipinski definition) is 1. The van der Waals surface area contributed by atoms with Gasteiger partial charge < -0.3 is 10.1 Å². The van der Waals surface area contributed by atoms with Gasteiger partial charge in [-0.05, 0) is 35.8 Å². The van der Waals surface area contributed by atoms with E-state index >= 15 is 0 Å². The zero-order chi connectivity index (χ0) is 14.7. The predicted molar refractivity (Wildman–Crippen MR) is 79.0 cm³/mol. The molecule has 1 N–H and O–H groups in total. The zero-order valence-corrected chi connectivity index (χ0v) is 13.2. The third-order valence-corrected chi connectivity index (χ3v) is 4.04. The van der Waals surface area contributed by atoms with Crippen LogP contribution in [0.4, 0.5) is 14.5 Å². The minimum atomic E-state index is -0.604. The number of anilines is 1. The fourth-order valence-electron chi connectivity index (χ4n) is 2.22. The maximum Gasteiger partial charge on any atom is 0.149 e. The monoisotopic (exact) mass is 348 g/mol. The number of halogens is 3. The van der Waals surface area contributed by atoms with Crippen LogP contribution in [0.2, 0.25) is 0 Å². The Kier molecular flexibility index (Phi) is 5.35. The maximum atomic E-state index is 13.6. The van der Waals surface area contributed by atoms with E-state index in [1.54, 1.807) is 0 Å². The highest BCUT2D eigenvalue weighted by atomic mass is 79.9. The number of morpholine rings is 1. The minimum Gasteiger partial charge on any atom is -0.380 e. The number of hydrogen-bond acceptors (Lipinski definition) is 3. The largest absolute Gasteiger partial charge is 0.380 e. The lowest BCUT2D eigenvalue weighted by molar-refractivity contribution is -0.0315. The van der Waals surface area contributed by atoms with Gasteiger partial charge in [0.2, 0.25) is 0 Å². The van der Waals surface area contributed by atoms with Crippen LogP contribution in [-0.4, -0.2) is 43.3 Å². The molecule has 20 heavy (non-hydrogen) atoms. The standard InChI is InChI=1S/C14H19BrF2N2O/c1-9(2)19-3-4-20-10(8-19)7-18-14-5-11(15)12(16)6-13(14)17/h5-6,9-10,18H,3-4,7-8H2,1-2H3. The van der Waals surface area contributed by atoms with E-state index in [0.29, 0.717) is 19.2 Å². The van der Waals surface area contributed by atoms with Crippen LogP contribution in [0.3, 0.4) is 0 Å². The quantitative estimate of drug-likeness (QED) is 0.845. The van der Waals surface area contributed by atoms with Crippen molar-refractivity contribution in [3.63, 3.8) is 0 Å². The smallest absolute Gasteiger partial charge is 0.149 e. The first kappa shape index (κ1) is 15.7. The van der Waals surface area contributed by atoms with Crippen molar-refractivity contribution in [2.45, 2.75) is 26.0 Å². The Bertz CT molecular complexity index is 471. The molecule has 1 aliphatic heterocycles. The van der Waals surface area contributed by atoms with Gasteiger partial charge >= 0.3 is 0 Å². The Morgan fingerprint density at radius 2 is 2.15 bits per heavy atom.